The molecule has 0 aliphatic carbocycles. The van der Waals surface area contributed by atoms with Crippen molar-refractivity contribution < 1.29 is 47.8 Å². The molecule has 0 aromatic rings. The van der Waals surface area contributed by atoms with E-state index in [0.717, 1.165) is 64.2 Å². The number of rotatable bonds is 41. The molecule has 0 aromatic carbocycles. The summed E-state index contributed by atoms with van der Waals surface area (Å²) in [5, 5.41) is 18.3. The normalized spacial score (nSPS) is 14.4. The largest absolute Gasteiger partial charge is 0.472 e. The van der Waals surface area contributed by atoms with Crippen molar-refractivity contribution in [3.8, 4) is 0 Å². The lowest BCUT2D eigenvalue weighted by Crippen LogP contribution is -2.29. The molecule has 57 heavy (non-hydrogen) atoms. The van der Waals surface area contributed by atoms with Gasteiger partial charge < -0.3 is 24.6 Å². The van der Waals surface area contributed by atoms with Crippen LogP contribution in [0.1, 0.15) is 181 Å². The van der Waals surface area contributed by atoms with Crippen molar-refractivity contribution >= 4 is 19.8 Å². The van der Waals surface area contributed by atoms with E-state index in [1.807, 2.05) is 0 Å². The fourth-order valence-corrected chi connectivity index (χ4v) is 6.47. The molecule has 330 valence electrons. The lowest BCUT2D eigenvalue weighted by molar-refractivity contribution is -0.161. The fraction of sp³-hybridized carbons (Fsp3) is 0.739. The number of aliphatic hydroxyl groups is 2. The van der Waals surface area contributed by atoms with Crippen molar-refractivity contribution in [2.24, 2.45) is 0 Å². The first-order chi connectivity index (χ1) is 27.7. The number of carbonyl (C=O) groups is 2. The monoisotopic (exact) mass is 825 g/mol. The molecule has 10 nitrogen and oxygen atoms in total. The second kappa shape index (κ2) is 41.8. The van der Waals surface area contributed by atoms with Crippen molar-refractivity contribution in [1.82, 2.24) is 0 Å². The zero-order valence-corrected chi connectivity index (χ0v) is 36.7. The zero-order valence-electron chi connectivity index (χ0n) is 35.8. The first-order valence-electron chi connectivity index (χ1n) is 22.2. The third kappa shape index (κ3) is 41.6. The van der Waals surface area contributed by atoms with Gasteiger partial charge in [0, 0.05) is 12.8 Å². The number of esters is 2. The van der Waals surface area contributed by atoms with Crippen molar-refractivity contribution in [1.29, 1.82) is 0 Å². The van der Waals surface area contributed by atoms with E-state index < -0.39 is 51.8 Å². The number of carbonyl (C=O) groups excluding carboxylic acids is 2. The Labute approximate surface area is 346 Å². The Morgan fingerprint density at radius 1 is 0.526 bits per heavy atom. The molecule has 11 heteroatoms. The van der Waals surface area contributed by atoms with Gasteiger partial charge in [0.2, 0.25) is 0 Å². The highest BCUT2D eigenvalue weighted by Gasteiger charge is 2.27. The van der Waals surface area contributed by atoms with Crippen LogP contribution in [0, 0.1) is 0 Å². The van der Waals surface area contributed by atoms with Gasteiger partial charge in [-0.2, -0.15) is 0 Å². The van der Waals surface area contributed by atoms with Gasteiger partial charge in [0.25, 0.3) is 0 Å². The molecule has 1 unspecified atom stereocenters. The highest BCUT2D eigenvalue weighted by atomic mass is 31.2. The first kappa shape index (κ1) is 54.7. The average molecular weight is 825 g/mol. The highest BCUT2D eigenvalue weighted by molar-refractivity contribution is 7.47. The topological polar surface area (TPSA) is 149 Å². The van der Waals surface area contributed by atoms with Gasteiger partial charge in [-0.05, 0) is 83.5 Å². The molecule has 0 spiro atoms. The number of allylic oxidation sites excluding steroid dienone is 10. The van der Waals surface area contributed by atoms with Crippen LogP contribution in [0.2, 0.25) is 0 Å². The van der Waals surface area contributed by atoms with Crippen molar-refractivity contribution in [3.63, 3.8) is 0 Å². The van der Waals surface area contributed by atoms with E-state index in [9.17, 15) is 24.2 Å². The Bertz CT molecular complexity index is 1130. The number of phosphoric acid groups is 1. The van der Waals surface area contributed by atoms with Crippen LogP contribution in [-0.4, -0.2) is 65.7 Å². The number of ether oxygens (including phenoxy) is 2. The molecule has 0 fully saturated rings. The standard InChI is InChI=1S/C46H81O10P/c1-3-5-7-9-11-13-15-17-19-20-21-22-24-26-28-30-32-34-36-38-46(50)56-44(42-55-57(51,52)54-40-43(48)39-47)41-53-45(49)37-35-33-31-29-27-25-23-18-16-14-12-10-8-6-4-2/h11-14,17-19,23,27,29,43-44,47-48H,3-10,15-16,20-22,24-26,28,30-42H2,1-2H3,(H,51,52)/b13-11-,14-12-,19-17-,23-18-,29-27-/t43-,44+/m0/s1. The van der Waals surface area contributed by atoms with E-state index in [1.54, 1.807) is 0 Å². The van der Waals surface area contributed by atoms with Gasteiger partial charge >= 0.3 is 19.8 Å². The highest BCUT2D eigenvalue weighted by Crippen LogP contribution is 2.43. The maximum atomic E-state index is 12.6. The van der Waals surface area contributed by atoms with Crippen LogP contribution in [0.5, 0.6) is 0 Å². The molecule has 0 aliphatic heterocycles. The minimum absolute atomic E-state index is 0.169. The quantitative estimate of drug-likeness (QED) is 0.0235. The van der Waals surface area contributed by atoms with E-state index in [4.69, 9.17) is 19.1 Å². The average Bonchev–Trinajstić information content (AvgIpc) is 3.20. The second-order valence-electron chi connectivity index (χ2n) is 14.7. The van der Waals surface area contributed by atoms with Gasteiger partial charge in [-0.3, -0.25) is 18.6 Å². The van der Waals surface area contributed by atoms with Crippen molar-refractivity contribution in [2.45, 2.75) is 193 Å². The van der Waals surface area contributed by atoms with Crippen LogP contribution in [0.3, 0.4) is 0 Å². The number of hydrogen-bond acceptors (Lipinski definition) is 9. The fourth-order valence-electron chi connectivity index (χ4n) is 5.68. The number of hydrogen-bond donors (Lipinski definition) is 3. The number of phosphoric ester groups is 1. The van der Waals surface area contributed by atoms with Gasteiger partial charge in [-0.15, -0.1) is 0 Å². The SMILES string of the molecule is CCCCC/C=C\C/C=C\C/C=C\CCCCC(=O)OC[C@H](COP(=O)(O)OC[C@@H](O)CO)OC(=O)CCCCCCCCCCC/C=C\C/C=C\CCCCC. The summed E-state index contributed by atoms with van der Waals surface area (Å²) < 4.78 is 32.7. The Morgan fingerprint density at radius 3 is 1.40 bits per heavy atom. The molecule has 0 saturated heterocycles. The number of unbranched alkanes of at least 4 members (excludes halogenated alkanes) is 17. The Hall–Kier alpha value is -2.33. The summed E-state index contributed by atoms with van der Waals surface area (Å²) in [6.45, 7) is 2.27. The second-order valence-corrected chi connectivity index (χ2v) is 16.2. The Balaban J connectivity index is 4.34. The minimum Gasteiger partial charge on any atom is -0.462 e. The maximum Gasteiger partial charge on any atom is 0.472 e. The lowest BCUT2D eigenvalue weighted by Gasteiger charge is -2.20. The van der Waals surface area contributed by atoms with Gasteiger partial charge in [-0.25, -0.2) is 4.57 Å². The van der Waals surface area contributed by atoms with Crippen LogP contribution < -0.4 is 0 Å². The molecule has 0 amide bonds. The molecule has 0 rings (SSSR count). The summed E-state index contributed by atoms with van der Waals surface area (Å²) in [5.41, 5.74) is 0. The van der Waals surface area contributed by atoms with Crippen LogP contribution in [0.25, 0.3) is 0 Å². The molecule has 3 N–H and O–H groups in total. The van der Waals surface area contributed by atoms with Gasteiger partial charge in [0.15, 0.2) is 6.10 Å². The van der Waals surface area contributed by atoms with E-state index in [0.29, 0.717) is 12.8 Å². The third-order valence-electron chi connectivity index (χ3n) is 9.14. The summed E-state index contributed by atoms with van der Waals surface area (Å²) in [7, 11) is -4.63. The Morgan fingerprint density at radius 2 is 0.912 bits per heavy atom. The van der Waals surface area contributed by atoms with Crippen molar-refractivity contribution in [3.05, 3.63) is 60.8 Å². The predicted octanol–water partition coefficient (Wildman–Crippen LogP) is 11.9. The van der Waals surface area contributed by atoms with E-state index in [1.165, 1.54) is 77.0 Å². The van der Waals surface area contributed by atoms with E-state index in [-0.39, 0.29) is 19.4 Å². The van der Waals surface area contributed by atoms with Crippen LogP contribution in [0.4, 0.5) is 0 Å². The van der Waals surface area contributed by atoms with Crippen LogP contribution in [0.15, 0.2) is 60.8 Å². The molecule has 0 saturated carbocycles. The van der Waals surface area contributed by atoms with Crippen LogP contribution >= 0.6 is 7.82 Å². The minimum atomic E-state index is -4.63. The third-order valence-corrected chi connectivity index (χ3v) is 10.1. The molecule has 0 aliphatic rings. The van der Waals surface area contributed by atoms with E-state index in [2.05, 4.69) is 79.1 Å². The lowest BCUT2D eigenvalue weighted by atomic mass is 10.1. The number of aliphatic hydroxyl groups excluding tert-OH is 2. The summed E-state index contributed by atoms with van der Waals surface area (Å²) in [6, 6.07) is 0. The molecular weight excluding hydrogens is 743 g/mol. The molecule has 0 radical (unpaired) electrons. The molecular formula is C46H81O10P. The predicted molar refractivity (Wildman–Crippen MR) is 233 cm³/mol. The van der Waals surface area contributed by atoms with Gasteiger partial charge in [-0.1, -0.05) is 145 Å². The van der Waals surface area contributed by atoms with Crippen molar-refractivity contribution in [2.75, 3.05) is 26.4 Å². The molecule has 3 atom stereocenters. The first-order valence-corrected chi connectivity index (χ1v) is 23.7. The molecule has 0 bridgehead atoms. The summed E-state index contributed by atoms with van der Waals surface area (Å²) in [4.78, 5) is 35.0. The maximum absolute atomic E-state index is 12.6. The zero-order chi connectivity index (χ0) is 41.9. The smallest absolute Gasteiger partial charge is 0.462 e. The summed E-state index contributed by atoms with van der Waals surface area (Å²) in [6.07, 6.45) is 46.1. The van der Waals surface area contributed by atoms with Crippen LogP contribution in [-0.2, 0) is 32.7 Å². The van der Waals surface area contributed by atoms with Gasteiger partial charge in [0.1, 0.15) is 12.7 Å². The molecule has 0 aromatic heterocycles. The van der Waals surface area contributed by atoms with Gasteiger partial charge in [0.05, 0.1) is 19.8 Å². The Kier molecular flexibility index (Phi) is 40.1. The summed E-state index contributed by atoms with van der Waals surface area (Å²) >= 11 is 0. The van der Waals surface area contributed by atoms with E-state index >= 15 is 0 Å². The molecule has 0 heterocycles. The summed E-state index contributed by atoms with van der Waals surface area (Å²) in [5.74, 6) is -0.977.